The molecule has 1 fully saturated rings. The Bertz CT molecular complexity index is 800. The van der Waals surface area contributed by atoms with Crippen LogP contribution in [0.1, 0.15) is 38.4 Å². The molecule has 2 heterocycles. The molecule has 1 aliphatic rings. The molecule has 0 aliphatic carbocycles. The summed E-state index contributed by atoms with van der Waals surface area (Å²) in [7, 11) is -3.24. The molecular formula is C17H24N4O2S. The van der Waals surface area contributed by atoms with Gasteiger partial charge in [0.1, 0.15) is 12.2 Å². The minimum atomic E-state index is -3.24. The Hall–Kier alpha value is -1.89. The van der Waals surface area contributed by atoms with Crippen LogP contribution < -0.4 is 4.90 Å². The van der Waals surface area contributed by atoms with Crippen molar-refractivity contribution in [3.63, 3.8) is 0 Å². The van der Waals surface area contributed by atoms with Gasteiger partial charge >= 0.3 is 0 Å². The maximum absolute atomic E-state index is 12.4. The first-order chi connectivity index (χ1) is 11.6. The summed E-state index contributed by atoms with van der Waals surface area (Å²) in [6, 6.07) is 7.32. The van der Waals surface area contributed by atoms with Gasteiger partial charge in [-0.25, -0.2) is 8.42 Å². The Morgan fingerprint density at radius 1 is 1.25 bits per heavy atom. The summed E-state index contributed by atoms with van der Waals surface area (Å²) in [6.07, 6.45) is 3.84. The highest BCUT2D eigenvalue weighted by Gasteiger charge is 2.28. The minimum Gasteiger partial charge on any atom is -0.370 e. The van der Waals surface area contributed by atoms with E-state index in [9.17, 15) is 8.42 Å². The van der Waals surface area contributed by atoms with Crippen LogP contribution >= 0.6 is 0 Å². The summed E-state index contributed by atoms with van der Waals surface area (Å²) in [6.45, 7) is 6.26. The summed E-state index contributed by atoms with van der Waals surface area (Å²) in [5, 5.41) is 8.33. The predicted octanol–water partition coefficient (Wildman–Crippen LogP) is 2.48. The molecule has 2 aromatic rings. The van der Waals surface area contributed by atoms with Gasteiger partial charge in [-0.1, -0.05) is 19.1 Å². The van der Waals surface area contributed by atoms with Gasteiger partial charge in [-0.15, -0.1) is 10.2 Å². The molecule has 0 unspecified atom stereocenters. The Morgan fingerprint density at radius 2 is 2.04 bits per heavy atom. The minimum absolute atomic E-state index is 0.117. The maximum Gasteiger partial charge on any atom is 0.180 e. The van der Waals surface area contributed by atoms with Gasteiger partial charge in [-0.05, 0) is 31.9 Å². The van der Waals surface area contributed by atoms with E-state index in [1.165, 1.54) is 0 Å². The second-order valence-electron chi connectivity index (χ2n) is 6.13. The van der Waals surface area contributed by atoms with E-state index in [2.05, 4.69) is 26.6 Å². The molecule has 0 saturated carbocycles. The fraction of sp³-hybridized carbons (Fsp3) is 0.529. The highest BCUT2D eigenvalue weighted by molar-refractivity contribution is 7.91. The van der Waals surface area contributed by atoms with Crippen LogP contribution in [0.3, 0.4) is 0 Å². The number of aromatic nitrogens is 3. The molecule has 6 nitrogen and oxygen atoms in total. The van der Waals surface area contributed by atoms with E-state index >= 15 is 0 Å². The SMILES string of the molecule is CCn1cnnc1[C@@H]1CCCN(c2ccccc2S(=O)(=O)CC)C1. The molecule has 24 heavy (non-hydrogen) atoms. The zero-order chi connectivity index (χ0) is 17.2. The molecule has 1 atom stereocenters. The first-order valence-electron chi connectivity index (χ1n) is 8.51. The van der Waals surface area contributed by atoms with Crippen LogP contribution in [0.4, 0.5) is 5.69 Å². The van der Waals surface area contributed by atoms with Gasteiger partial charge in [0, 0.05) is 25.6 Å². The lowest BCUT2D eigenvalue weighted by atomic mass is 9.96. The first kappa shape index (κ1) is 17.0. The van der Waals surface area contributed by atoms with Gasteiger partial charge in [0.2, 0.25) is 0 Å². The standard InChI is InChI=1S/C17H24N4O2S/c1-3-20-13-18-19-17(20)14-8-7-11-21(12-14)15-9-5-6-10-16(15)24(22,23)4-2/h5-6,9-10,13-14H,3-4,7-8,11-12H2,1-2H3/t14-/m1/s1. The van der Waals surface area contributed by atoms with Gasteiger partial charge < -0.3 is 9.47 Å². The summed E-state index contributed by atoms with van der Waals surface area (Å²) >= 11 is 0. The molecular weight excluding hydrogens is 324 g/mol. The third-order valence-electron chi connectivity index (χ3n) is 4.69. The lowest BCUT2D eigenvalue weighted by molar-refractivity contribution is 0.471. The molecule has 0 radical (unpaired) electrons. The van der Waals surface area contributed by atoms with Crippen molar-refractivity contribution < 1.29 is 8.42 Å². The molecule has 1 saturated heterocycles. The van der Waals surface area contributed by atoms with Gasteiger partial charge in [0.25, 0.3) is 0 Å². The van der Waals surface area contributed by atoms with Crippen molar-refractivity contribution >= 4 is 15.5 Å². The van der Waals surface area contributed by atoms with Crippen molar-refractivity contribution in [2.75, 3.05) is 23.7 Å². The normalized spacial score (nSPS) is 18.8. The molecule has 0 amide bonds. The number of nitrogens with zero attached hydrogens (tertiary/aromatic N) is 4. The Kier molecular flexibility index (Phi) is 4.89. The van der Waals surface area contributed by atoms with E-state index in [0.29, 0.717) is 4.90 Å². The highest BCUT2D eigenvalue weighted by atomic mass is 32.2. The summed E-state index contributed by atoms with van der Waals surface area (Å²) in [4.78, 5) is 2.62. The van der Waals surface area contributed by atoms with E-state index in [0.717, 1.165) is 44.0 Å². The zero-order valence-electron chi connectivity index (χ0n) is 14.2. The molecule has 1 aromatic carbocycles. The second-order valence-corrected chi connectivity index (χ2v) is 8.38. The Balaban J connectivity index is 1.91. The molecule has 3 rings (SSSR count). The van der Waals surface area contributed by atoms with Crippen LogP contribution in [-0.4, -0.2) is 42.0 Å². The van der Waals surface area contributed by atoms with Crippen molar-refractivity contribution in [3.05, 3.63) is 36.4 Å². The lowest BCUT2D eigenvalue weighted by Gasteiger charge is -2.35. The molecule has 0 N–H and O–H groups in total. The van der Waals surface area contributed by atoms with Crippen LogP contribution in [0.15, 0.2) is 35.5 Å². The molecule has 7 heteroatoms. The van der Waals surface area contributed by atoms with Crippen molar-refractivity contribution in [2.24, 2.45) is 0 Å². The number of hydrogen-bond acceptors (Lipinski definition) is 5. The quantitative estimate of drug-likeness (QED) is 0.830. The molecule has 0 spiro atoms. The van der Waals surface area contributed by atoms with Gasteiger partial charge in [0.05, 0.1) is 16.3 Å². The van der Waals surface area contributed by atoms with Crippen molar-refractivity contribution in [3.8, 4) is 0 Å². The van der Waals surface area contributed by atoms with Crippen molar-refractivity contribution in [1.29, 1.82) is 0 Å². The number of para-hydroxylation sites is 1. The van der Waals surface area contributed by atoms with Crippen LogP contribution in [0, 0.1) is 0 Å². The number of aryl methyl sites for hydroxylation is 1. The second kappa shape index (κ2) is 6.93. The van der Waals surface area contributed by atoms with Crippen LogP contribution in [0.2, 0.25) is 0 Å². The summed E-state index contributed by atoms with van der Waals surface area (Å²) < 4.78 is 26.9. The van der Waals surface area contributed by atoms with E-state index in [1.54, 1.807) is 25.4 Å². The monoisotopic (exact) mass is 348 g/mol. The van der Waals surface area contributed by atoms with E-state index in [4.69, 9.17) is 0 Å². The smallest absolute Gasteiger partial charge is 0.180 e. The first-order valence-corrected chi connectivity index (χ1v) is 10.2. The molecule has 130 valence electrons. The number of hydrogen-bond donors (Lipinski definition) is 0. The zero-order valence-corrected chi connectivity index (χ0v) is 15.0. The third kappa shape index (κ3) is 3.17. The number of piperidine rings is 1. The number of benzene rings is 1. The van der Waals surface area contributed by atoms with Crippen molar-refractivity contribution in [1.82, 2.24) is 14.8 Å². The van der Waals surface area contributed by atoms with E-state index in [1.807, 2.05) is 12.1 Å². The van der Waals surface area contributed by atoms with Gasteiger partial charge in [-0.3, -0.25) is 0 Å². The maximum atomic E-state index is 12.4. The van der Waals surface area contributed by atoms with Crippen LogP contribution in [-0.2, 0) is 16.4 Å². The average molecular weight is 348 g/mol. The average Bonchev–Trinajstić information content (AvgIpc) is 3.10. The predicted molar refractivity (Wildman–Crippen MR) is 94.1 cm³/mol. The van der Waals surface area contributed by atoms with Crippen LogP contribution in [0.5, 0.6) is 0 Å². The van der Waals surface area contributed by atoms with E-state index in [-0.39, 0.29) is 11.7 Å². The fourth-order valence-electron chi connectivity index (χ4n) is 3.37. The number of sulfone groups is 1. The lowest BCUT2D eigenvalue weighted by Crippen LogP contribution is -2.36. The fourth-order valence-corrected chi connectivity index (χ4v) is 4.48. The Morgan fingerprint density at radius 3 is 2.79 bits per heavy atom. The number of anilines is 1. The summed E-state index contributed by atoms with van der Waals surface area (Å²) in [5.41, 5.74) is 0.812. The van der Waals surface area contributed by atoms with Gasteiger partial charge in [-0.2, -0.15) is 0 Å². The molecule has 1 aromatic heterocycles. The largest absolute Gasteiger partial charge is 0.370 e. The number of rotatable bonds is 5. The molecule has 0 bridgehead atoms. The van der Waals surface area contributed by atoms with Gasteiger partial charge in [0.15, 0.2) is 9.84 Å². The van der Waals surface area contributed by atoms with E-state index < -0.39 is 9.84 Å². The Labute approximate surface area is 143 Å². The molecule has 1 aliphatic heterocycles. The summed E-state index contributed by atoms with van der Waals surface area (Å²) in [5.74, 6) is 1.39. The van der Waals surface area contributed by atoms with Crippen LogP contribution in [0.25, 0.3) is 0 Å². The van der Waals surface area contributed by atoms with Crippen molar-refractivity contribution in [2.45, 2.75) is 44.0 Å². The highest BCUT2D eigenvalue weighted by Crippen LogP contribution is 2.32. The topological polar surface area (TPSA) is 68.1 Å². The third-order valence-corrected chi connectivity index (χ3v) is 6.47.